The van der Waals surface area contributed by atoms with Crippen LogP contribution in [0.15, 0.2) is 6.20 Å². The van der Waals surface area contributed by atoms with Gasteiger partial charge in [0, 0.05) is 13.1 Å². The number of hydrogen-bond donors (Lipinski definition) is 2. The highest BCUT2D eigenvalue weighted by Gasteiger charge is 2.35. The molecule has 0 radical (unpaired) electrons. The van der Waals surface area contributed by atoms with E-state index in [2.05, 4.69) is 27.5 Å². The molecule has 2 N–H and O–H groups in total. The molecule has 1 saturated carbocycles. The minimum Gasteiger partial charge on any atom is -0.364 e. The lowest BCUT2D eigenvalue weighted by Crippen LogP contribution is -2.36. The zero-order chi connectivity index (χ0) is 15.3. The first-order valence-electron chi connectivity index (χ1n) is 7.59. The Bertz CT molecular complexity index is 497. The lowest BCUT2D eigenvalue weighted by molar-refractivity contribution is -0.384. The van der Waals surface area contributed by atoms with Gasteiger partial charge in [-0.05, 0) is 31.1 Å². The molecule has 1 aromatic heterocycles. The maximum absolute atomic E-state index is 11.1. The van der Waals surface area contributed by atoms with Crippen LogP contribution in [0.5, 0.6) is 0 Å². The van der Waals surface area contributed by atoms with Crippen molar-refractivity contribution in [2.24, 2.45) is 5.41 Å². The predicted octanol–water partition coefficient (Wildman–Crippen LogP) is 3.20. The van der Waals surface area contributed by atoms with Crippen LogP contribution in [0, 0.1) is 15.5 Å². The summed E-state index contributed by atoms with van der Waals surface area (Å²) in [7, 11) is 0. The average molecular weight is 293 g/mol. The van der Waals surface area contributed by atoms with Gasteiger partial charge in [-0.3, -0.25) is 10.1 Å². The minimum absolute atomic E-state index is 0.0670. The number of nitrogens with one attached hydrogen (secondary N) is 2. The SMILES string of the molecule is CCCNc1ncc([N+](=O)[O-])c(NCC2(CC)CCC2)n1. The van der Waals surface area contributed by atoms with Gasteiger partial charge < -0.3 is 10.6 Å². The largest absolute Gasteiger partial charge is 0.364 e. The Hall–Kier alpha value is -1.92. The van der Waals surface area contributed by atoms with Crippen molar-refractivity contribution >= 4 is 17.5 Å². The molecule has 0 unspecified atom stereocenters. The van der Waals surface area contributed by atoms with Gasteiger partial charge in [0.2, 0.25) is 11.8 Å². The van der Waals surface area contributed by atoms with E-state index in [4.69, 9.17) is 0 Å². The molecule has 21 heavy (non-hydrogen) atoms. The van der Waals surface area contributed by atoms with E-state index in [1.165, 1.54) is 25.5 Å². The summed E-state index contributed by atoms with van der Waals surface area (Å²) in [6.45, 7) is 5.69. The Balaban J connectivity index is 2.12. The van der Waals surface area contributed by atoms with Crippen molar-refractivity contribution in [2.45, 2.75) is 46.0 Å². The molecule has 1 aliphatic carbocycles. The fourth-order valence-corrected chi connectivity index (χ4v) is 2.56. The first kappa shape index (κ1) is 15.5. The van der Waals surface area contributed by atoms with Crippen LogP contribution >= 0.6 is 0 Å². The van der Waals surface area contributed by atoms with Gasteiger partial charge in [0.15, 0.2) is 0 Å². The van der Waals surface area contributed by atoms with Gasteiger partial charge in [0.1, 0.15) is 6.20 Å². The van der Waals surface area contributed by atoms with Crippen molar-refractivity contribution in [3.63, 3.8) is 0 Å². The highest BCUT2D eigenvalue weighted by atomic mass is 16.6. The lowest BCUT2D eigenvalue weighted by atomic mass is 9.67. The summed E-state index contributed by atoms with van der Waals surface area (Å²) in [4.78, 5) is 18.9. The number of nitro groups is 1. The Morgan fingerprint density at radius 1 is 1.38 bits per heavy atom. The third-order valence-corrected chi connectivity index (χ3v) is 4.29. The van der Waals surface area contributed by atoms with E-state index in [0.29, 0.717) is 11.8 Å². The zero-order valence-electron chi connectivity index (χ0n) is 12.7. The second-order valence-electron chi connectivity index (χ2n) is 5.67. The van der Waals surface area contributed by atoms with Crippen LogP contribution in [0.25, 0.3) is 0 Å². The average Bonchev–Trinajstić information content (AvgIpc) is 2.44. The molecule has 0 aliphatic heterocycles. The number of anilines is 2. The van der Waals surface area contributed by atoms with Crippen LogP contribution in [0.2, 0.25) is 0 Å². The molecule has 116 valence electrons. The number of rotatable bonds is 8. The monoisotopic (exact) mass is 293 g/mol. The van der Waals surface area contributed by atoms with Crippen molar-refractivity contribution in [3.05, 3.63) is 16.3 Å². The summed E-state index contributed by atoms with van der Waals surface area (Å²) in [5.74, 6) is 0.748. The molecule has 0 aromatic carbocycles. The third kappa shape index (κ3) is 3.59. The van der Waals surface area contributed by atoms with Crippen molar-refractivity contribution in [2.75, 3.05) is 23.7 Å². The van der Waals surface area contributed by atoms with E-state index in [1.807, 2.05) is 6.92 Å². The minimum atomic E-state index is -0.439. The molecule has 0 spiro atoms. The molecule has 1 heterocycles. The number of aromatic nitrogens is 2. The fraction of sp³-hybridized carbons (Fsp3) is 0.714. The zero-order valence-corrected chi connectivity index (χ0v) is 12.7. The molecule has 0 atom stereocenters. The topological polar surface area (TPSA) is 93.0 Å². The molecular formula is C14H23N5O2. The fourth-order valence-electron chi connectivity index (χ4n) is 2.56. The van der Waals surface area contributed by atoms with Gasteiger partial charge in [-0.2, -0.15) is 4.98 Å². The molecule has 7 nitrogen and oxygen atoms in total. The Kier molecular flexibility index (Phi) is 4.93. The third-order valence-electron chi connectivity index (χ3n) is 4.29. The molecule has 1 aromatic rings. The molecule has 0 bridgehead atoms. The summed E-state index contributed by atoms with van der Waals surface area (Å²) in [5.41, 5.74) is 0.207. The predicted molar refractivity (Wildman–Crippen MR) is 82.5 cm³/mol. The molecular weight excluding hydrogens is 270 g/mol. The highest BCUT2D eigenvalue weighted by molar-refractivity contribution is 5.57. The van der Waals surface area contributed by atoms with E-state index >= 15 is 0 Å². The summed E-state index contributed by atoms with van der Waals surface area (Å²) < 4.78 is 0. The van der Waals surface area contributed by atoms with Gasteiger partial charge >= 0.3 is 5.69 Å². The van der Waals surface area contributed by atoms with Crippen LogP contribution in [0.4, 0.5) is 17.5 Å². The summed E-state index contributed by atoms with van der Waals surface area (Å²) in [6, 6.07) is 0. The molecule has 0 amide bonds. The number of hydrogen-bond acceptors (Lipinski definition) is 6. The first-order valence-corrected chi connectivity index (χ1v) is 7.59. The quantitative estimate of drug-likeness (QED) is 0.564. The molecule has 7 heteroatoms. The maximum Gasteiger partial charge on any atom is 0.329 e. The van der Waals surface area contributed by atoms with Crippen LogP contribution in [0.1, 0.15) is 46.0 Å². The first-order chi connectivity index (χ1) is 10.1. The Morgan fingerprint density at radius 2 is 2.14 bits per heavy atom. The van der Waals surface area contributed by atoms with Crippen molar-refractivity contribution in [3.8, 4) is 0 Å². The lowest BCUT2D eigenvalue weighted by Gasteiger charge is -2.41. The van der Waals surface area contributed by atoms with E-state index < -0.39 is 4.92 Å². The second-order valence-corrected chi connectivity index (χ2v) is 5.67. The van der Waals surface area contributed by atoms with Crippen LogP contribution in [0.3, 0.4) is 0 Å². The van der Waals surface area contributed by atoms with Gasteiger partial charge in [0.25, 0.3) is 0 Å². The normalized spacial score (nSPS) is 16.1. The van der Waals surface area contributed by atoms with Crippen LogP contribution < -0.4 is 10.6 Å². The summed E-state index contributed by atoms with van der Waals surface area (Å²) in [6.07, 6.45) is 6.89. The van der Waals surface area contributed by atoms with Gasteiger partial charge in [0.05, 0.1) is 4.92 Å². The van der Waals surface area contributed by atoms with Gasteiger partial charge in [-0.15, -0.1) is 0 Å². The second kappa shape index (κ2) is 6.69. The van der Waals surface area contributed by atoms with Crippen LogP contribution in [-0.4, -0.2) is 28.0 Å². The molecule has 0 saturated heterocycles. The number of nitrogens with zero attached hydrogens (tertiary/aromatic N) is 3. The van der Waals surface area contributed by atoms with E-state index in [1.54, 1.807) is 0 Å². The van der Waals surface area contributed by atoms with E-state index in [9.17, 15) is 10.1 Å². The molecule has 1 aliphatic rings. The molecule has 1 fully saturated rings. The Labute approximate surface area is 124 Å². The van der Waals surface area contributed by atoms with Crippen LogP contribution in [-0.2, 0) is 0 Å². The van der Waals surface area contributed by atoms with Gasteiger partial charge in [-0.25, -0.2) is 4.98 Å². The standard InChI is InChI=1S/C14H23N5O2/c1-3-8-15-13-16-9-11(19(20)21)12(18-13)17-10-14(4-2)6-5-7-14/h9H,3-8,10H2,1-2H3,(H2,15,16,17,18). The maximum atomic E-state index is 11.1. The summed E-state index contributed by atoms with van der Waals surface area (Å²) in [5, 5.41) is 17.3. The van der Waals surface area contributed by atoms with E-state index in [0.717, 1.165) is 25.9 Å². The van der Waals surface area contributed by atoms with E-state index in [-0.39, 0.29) is 11.1 Å². The molecule has 2 rings (SSSR count). The van der Waals surface area contributed by atoms with Crippen molar-refractivity contribution in [1.82, 2.24) is 9.97 Å². The summed E-state index contributed by atoms with van der Waals surface area (Å²) >= 11 is 0. The highest BCUT2D eigenvalue weighted by Crippen LogP contribution is 2.43. The van der Waals surface area contributed by atoms with Crippen molar-refractivity contribution < 1.29 is 4.92 Å². The van der Waals surface area contributed by atoms with Crippen molar-refractivity contribution in [1.29, 1.82) is 0 Å². The Morgan fingerprint density at radius 3 is 2.67 bits per heavy atom. The smallest absolute Gasteiger partial charge is 0.329 e. The van der Waals surface area contributed by atoms with Gasteiger partial charge in [-0.1, -0.05) is 20.3 Å².